The molecule has 0 saturated carbocycles. The third-order valence-corrected chi connectivity index (χ3v) is 2.50. The second-order valence-electron chi connectivity index (χ2n) is 2.74. The zero-order chi connectivity index (χ0) is 11.3. The van der Waals surface area contributed by atoms with Gasteiger partial charge in [-0.1, -0.05) is 18.3 Å². The third kappa shape index (κ3) is 3.67. The molecule has 0 aliphatic carbocycles. The van der Waals surface area contributed by atoms with Crippen LogP contribution in [-0.4, -0.2) is 17.7 Å². The average molecular weight is 224 g/mol. The highest BCUT2D eigenvalue weighted by molar-refractivity contribution is 8.04. The van der Waals surface area contributed by atoms with E-state index in [-0.39, 0.29) is 5.75 Å². The predicted molar refractivity (Wildman–Crippen MR) is 59.7 cm³/mol. The van der Waals surface area contributed by atoms with Gasteiger partial charge >= 0.3 is 5.97 Å². The van der Waals surface area contributed by atoms with Gasteiger partial charge in [0.05, 0.1) is 11.5 Å². The van der Waals surface area contributed by atoms with Gasteiger partial charge in [-0.25, -0.2) is 4.79 Å². The number of thioether (sulfide) groups is 1. The fourth-order valence-electron chi connectivity index (χ4n) is 0.910. The van der Waals surface area contributed by atoms with Gasteiger partial charge in [0.2, 0.25) is 0 Å². The first-order chi connectivity index (χ1) is 7.13. The molecule has 0 fully saturated rings. The maximum Gasteiger partial charge on any atom is 0.344 e. The van der Waals surface area contributed by atoms with Crippen LogP contribution < -0.4 is 0 Å². The van der Waals surface area contributed by atoms with Gasteiger partial charge in [-0.15, -0.1) is 0 Å². The van der Waals surface area contributed by atoms with Crippen molar-refractivity contribution in [2.45, 2.75) is 11.8 Å². The number of hydrogen-bond acceptors (Lipinski definition) is 4. The van der Waals surface area contributed by atoms with E-state index < -0.39 is 5.97 Å². The van der Waals surface area contributed by atoms with Crippen LogP contribution in [0.1, 0.15) is 6.92 Å². The molecule has 0 amide bonds. The lowest BCUT2D eigenvalue weighted by Crippen LogP contribution is -2.03. The van der Waals surface area contributed by atoms with Crippen LogP contribution in [0.2, 0.25) is 0 Å². The number of esters is 1. The zero-order valence-electron chi connectivity index (χ0n) is 8.40. The molecule has 0 radical (unpaired) electrons. The van der Waals surface area contributed by atoms with Gasteiger partial charge in [-0.05, 0) is 31.2 Å². The lowest BCUT2D eigenvalue weighted by atomic mass is 10.3. The van der Waals surface area contributed by atoms with Crippen LogP contribution in [0.3, 0.4) is 0 Å². The molecule has 1 aromatic carbocycles. The van der Waals surface area contributed by atoms with Gasteiger partial charge in [0.15, 0.2) is 0 Å². The molecule has 0 heterocycles. The average Bonchev–Trinajstić information content (AvgIpc) is 2.22. The number of phenolic OH excluding ortho intramolecular Hbond substituents is 1. The standard InChI is InChI=1S/C11H12O3S/c1-3-14-11(13)8(2)15-10-6-4-9(12)5-7-10/h4-7,12H,2-3H2,1H3. The predicted octanol–water partition coefficient (Wildman–Crippen LogP) is 2.56. The summed E-state index contributed by atoms with van der Waals surface area (Å²) in [6, 6.07) is 6.54. The lowest BCUT2D eigenvalue weighted by molar-refractivity contribution is -0.137. The van der Waals surface area contributed by atoms with Crippen molar-refractivity contribution >= 4 is 17.7 Å². The SMILES string of the molecule is C=C(Sc1ccc(O)cc1)C(=O)OCC. The first kappa shape index (κ1) is 11.7. The maximum atomic E-state index is 11.2. The van der Waals surface area contributed by atoms with E-state index in [0.717, 1.165) is 4.90 Å². The Bertz CT molecular complexity index is 357. The Morgan fingerprint density at radius 3 is 2.60 bits per heavy atom. The van der Waals surface area contributed by atoms with Crippen molar-refractivity contribution in [3.63, 3.8) is 0 Å². The van der Waals surface area contributed by atoms with Crippen molar-refractivity contribution in [2.24, 2.45) is 0 Å². The molecule has 0 unspecified atom stereocenters. The molecular formula is C11H12O3S. The molecule has 1 N–H and O–H groups in total. The van der Waals surface area contributed by atoms with E-state index in [9.17, 15) is 4.79 Å². The molecule has 15 heavy (non-hydrogen) atoms. The molecule has 0 bridgehead atoms. The fourth-order valence-corrected chi connectivity index (χ4v) is 1.61. The van der Waals surface area contributed by atoms with Crippen LogP contribution in [0.4, 0.5) is 0 Å². The fraction of sp³-hybridized carbons (Fsp3) is 0.182. The number of rotatable bonds is 4. The molecule has 0 spiro atoms. The van der Waals surface area contributed by atoms with Gasteiger partial charge < -0.3 is 9.84 Å². The summed E-state index contributed by atoms with van der Waals surface area (Å²) in [5, 5.41) is 9.06. The molecule has 4 heteroatoms. The molecule has 0 aliphatic heterocycles. The molecule has 0 aliphatic rings. The quantitative estimate of drug-likeness (QED) is 0.485. The van der Waals surface area contributed by atoms with Crippen LogP contribution in [0, 0.1) is 0 Å². The largest absolute Gasteiger partial charge is 0.508 e. The molecule has 1 aromatic rings. The summed E-state index contributed by atoms with van der Waals surface area (Å²) in [6.07, 6.45) is 0. The van der Waals surface area contributed by atoms with Crippen LogP contribution in [0.25, 0.3) is 0 Å². The van der Waals surface area contributed by atoms with E-state index in [2.05, 4.69) is 6.58 Å². The summed E-state index contributed by atoms with van der Waals surface area (Å²) in [6.45, 7) is 5.70. The summed E-state index contributed by atoms with van der Waals surface area (Å²) < 4.78 is 4.79. The highest BCUT2D eigenvalue weighted by atomic mass is 32.2. The Morgan fingerprint density at radius 1 is 1.47 bits per heavy atom. The Labute approximate surface area is 92.8 Å². The first-order valence-electron chi connectivity index (χ1n) is 4.46. The summed E-state index contributed by atoms with van der Waals surface area (Å²) in [4.78, 5) is 12.4. The first-order valence-corrected chi connectivity index (χ1v) is 5.28. The number of carbonyl (C=O) groups excluding carboxylic acids is 1. The van der Waals surface area contributed by atoms with Gasteiger partial charge in [-0.2, -0.15) is 0 Å². The van der Waals surface area contributed by atoms with Crippen molar-refractivity contribution in [3.05, 3.63) is 35.7 Å². The number of phenols is 1. The number of ether oxygens (including phenoxy) is 1. The maximum absolute atomic E-state index is 11.2. The molecule has 3 nitrogen and oxygen atoms in total. The van der Waals surface area contributed by atoms with Gasteiger partial charge in [-0.3, -0.25) is 0 Å². The van der Waals surface area contributed by atoms with Crippen LogP contribution in [0.15, 0.2) is 40.6 Å². The van der Waals surface area contributed by atoms with E-state index in [1.807, 2.05) is 0 Å². The van der Waals surface area contributed by atoms with Gasteiger partial charge in [0, 0.05) is 4.90 Å². The second kappa shape index (κ2) is 5.46. The topological polar surface area (TPSA) is 46.5 Å². The minimum atomic E-state index is -0.407. The van der Waals surface area contributed by atoms with E-state index in [4.69, 9.17) is 9.84 Å². The highest BCUT2D eigenvalue weighted by Gasteiger charge is 2.09. The van der Waals surface area contributed by atoms with Crippen LogP contribution in [0.5, 0.6) is 5.75 Å². The van der Waals surface area contributed by atoms with Crippen molar-refractivity contribution in [1.82, 2.24) is 0 Å². The summed E-state index contributed by atoms with van der Waals surface area (Å²) in [5.74, 6) is -0.211. The number of benzene rings is 1. The molecular weight excluding hydrogens is 212 g/mol. The summed E-state index contributed by atoms with van der Waals surface area (Å²) in [7, 11) is 0. The van der Waals surface area contributed by atoms with Crippen molar-refractivity contribution < 1.29 is 14.6 Å². The van der Waals surface area contributed by atoms with E-state index >= 15 is 0 Å². The van der Waals surface area contributed by atoms with Gasteiger partial charge in [0.25, 0.3) is 0 Å². The summed E-state index contributed by atoms with van der Waals surface area (Å²) in [5.41, 5.74) is 0. The number of aromatic hydroxyl groups is 1. The highest BCUT2D eigenvalue weighted by Crippen LogP contribution is 2.27. The van der Waals surface area contributed by atoms with Crippen LogP contribution >= 0.6 is 11.8 Å². The second-order valence-corrected chi connectivity index (χ2v) is 3.91. The monoisotopic (exact) mass is 224 g/mol. The summed E-state index contributed by atoms with van der Waals surface area (Å²) >= 11 is 1.22. The lowest BCUT2D eigenvalue weighted by Gasteiger charge is -2.04. The Kier molecular flexibility index (Phi) is 4.24. The number of hydrogen-bond donors (Lipinski definition) is 1. The minimum absolute atomic E-state index is 0.195. The zero-order valence-corrected chi connectivity index (χ0v) is 9.21. The van der Waals surface area contributed by atoms with Crippen molar-refractivity contribution in [1.29, 1.82) is 0 Å². The van der Waals surface area contributed by atoms with Gasteiger partial charge in [0.1, 0.15) is 5.75 Å². The molecule has 0 aromatic heterocycles. The minimum Gasteiger partial charge on any atom is -0.508 e. The van der Waals surface area contributed by atoms with Crippen molar-refractivity contribution in [2.75, 3.05) is 6.61 Å². The Morgan fingerprint density at radius 2 is 2.07 bits per heavy atom. The smallest absolute Gasteiger partial charge is 0.344 e. The molecule has 80 valence electrons. The van der Waals surface area contributed by atoms with E-state index in [1.54, 1.807) is 31.2 Å². The van der Waals surface area contributed by atoms with E-state index in [0.29, 0.717) is 11.5 Å². The molecule has 0 atom stereocenters. The number of carbonyl (C=O) groups is 1. The Hall–Kier alpha value is -1.42. The molecule has 0 saturated heterocycles. The molecule has 1 rings (SSSR count). The van der Waals surface area contributed by atoms with Crippen LogP contribution in [-0.2, 0) is 9.53 Å². The van der Waals surface area contributed by atoms with Crippen molar-refractivity contribution in [3.8, 4) is 5.75 Å². The Balaban J connectivity index is 2.58. The van der Waals surface area contributed by atoms with E-state index in [1.165, 1.54) is 11.8 Å². The third-order valence-electron chi connectivity index (χ3n) is 1.58. The normalized spacial score (nSPS) is 9.67.